The number of urea groups is 1. The van der Waals surface area contributed by atoms with Gasteiger partial charge in [0, 0.05) is 25.7 Å². The maximum Gasteiger partial charge on any atom is 0.320 e. The summed E-state index contributed by atoms with van der Waals surface area (Å²) in [6.45, 7) is 7.87. The van der Waals surface area contributed by atoms with E-state index in [1.165, 1.54) is 0 Å². The molecule has 0 fully saturated rings. The van der Waals surface area contributed by atoms with Gasteiger partial charge in [-0.1, -0.05) is 0 Å². The van der Waals surface area contributed by atoms with Gasteiger partial charge in [0.2, 0.25) is 0 Å². The van der Waals surface area contributed by atoms with Gasteiger partial charge in [-0.05, 0) is 27.7 Å². The van der Waals surface area contributed by atoms with Crippen LogP contribution >= 0.6 is 0 Å². The van der Waals surface area contributed by atoms with Gasteiger partial charge in [-0.15, -0.1) is 0 Å². The van der Waals surface area contributed by atoms with E-state index in [4.69, 9.17) is 5.11 Å². The lowest BCUT2D eigenvalue weighted by Crippen LogP contribution is -2.47. The second-order valence-corrected chi connectivity index (χ2v) is 4.42. The van der Waals surface area contributed by atoms with Gasteiger partial charge in [-0.25, -0.2) is 4.79 Å². The van der Waals surface area contributed by atoms with Gasteiger partial charge in [0.25, 0.3) is 0 Å². The summed E-state index contributed by atoms with van der Waals surface area (Å²) < 4.78 is 0. The highest BCUT2D eigenvalue weighted by molar-refractivity contribution is 5.75. The van der Waals surface area contributed by atoms with Crippen molar-refractivity contribution >= 4 is 12.0 Å². The Bertz CT molecular complexity index is 252. The minimum atomic E-state index is -0.884. The molecule has 0 atom stereocenters. The van der Waals surface area contributed by atoms with Crippen LogP contribution in [0, 0.1) is 0 Å². The molecule has 0 aromatic rings. The fourth-order valence-corrected chi connectivity index (χ4v) is 1.21. The van der Waals surface area contributed by atoms with Crippen molar-refractivity contribution in [3.8, 4) is 0 Å². The van der Waals surface area contributed by atoms with E-state index in [0.29, 0.717) is 0 Å². The molecule has 0 aliphatic carbocycles. The Labute approximate surface area is 97.0 Å². The Morgan fingerprint density at radius 1 is 1.12 bits per heavy atom. The number of nitrogens with zero attached hydrogens (tertiary/aromatic N) is 2. The summed E-state index contributed by atoms with van der Waals surface area (Å²) in [6, 6.07) is -0.00196. The molecule has 0 aliphatic heterocycles. The highest BCUT2D eigenvalue weighted by Gasteiger charge is 2.22. The van der Waals surface area contributed by atoms with Gasteiger partial charge in [-0.3, -0.25) is 4.79 Å². The molecule has 5 nitrogen and oxygen atoms in total. The first-order valence-electron chi connectivity index (χ1n) is 5.52. The fraction of sp³-hybridized carbons (Fsp3) is 0.818. The molecule has 0 heterocycles. The molecular weight excluding hydrogens is 208 g/mol. The summed E-state index contributed by atoms with van der Waals surface area (Å²) in [5.74, 6) is -0.884. The number of carboxylic acids is 1. The average molecular weight is 230 g/mol. The standard InChI is InChI=1S/C11H22N2O3/c1-8(2)12(5)11(16)13(9(3)4)7-6-10(14)15/h8-9H,6-7H2,1-5H3,(H,14,15). The van der Waals surface area contributed by atoms with Crippen LogP contribution in [-0.4, -0.2) is 52.6 Å². The maximum atomic E-state index is 12.0. The molecule has 0 aliphatic rings. The lowest BCUT2D eigenvalue weighted by molar-refractivity contribution is -0.137. The molecule has 0 saturated carbocycles. The van der Waals surface area contributed by atoms with Gasteiger partial charge in [0.05, 0.1) is 6.42 Å². The molecule has 16 heavy (non-hydrogen) atoms. The summed E-state index contributed by atoms with van der Waals surface area (Å²) in [5.41, 5.74) is 0. The van der Waals surface area contributed by atoms with Crippen molar-refractivity contribution in [3.63, 3.8) is 0 Å². The molecule has 5 heteroatoms. The third kappa shape index (κ3) is 4.51. The zero-order valence-electron chi connectivity index (χ0n) is 10.7. The molecule has 2 amide bonds. The summed E-state index contributed by atoms with van der Waals surface area (Å²) in [5, 5.41) is 8.62. The molecule has 0 spiro atoms. The van der Waals surface area contributed by atoms with E-state index >= 15 is 0 Å². The maximum absolute atomic E-state index is 12.0. The molecular formula is C11H22N2O3. The van der Waals surface area contributed by atoms with E-state index in [0.717, 1.165) is 0 Å². The van der Waals surface area contributed by atoms with Crippen LogP contribution in [0.2, 0.25) is 0 Å². The quantitative estimate of drug-likeness (QED) is 0.781. The Kier molecular flexibility index (Phi) is 5.85. The van der Waals surface area contributed by atoms with Crippen LogP contribution in [0.25, 0.3) is 0 Å². The zero-order valence-corrected chi connectivity index (χ0v) is 10.7. The van der Waals surface area contributed by atoms with Crippen molar-refractivity contribution in [2.75, 3.05) is 13.6 Å². The van der Waals surface area contributed by atoms with Crippen LogP contribution in [0.5, 0.6) is 0 Å². The van der Waals surface area contributed by atoms with Gasteiger partial charge in [-0.2, -0.15) is 0 Å². The van der Waals surface area contributed by atoms with E-state index in [-0.39, 0.29) is 31.1 Å². The number of amides is 2. The normalized spacial score (nSPS) is 10.7. The molecule has 0 aromatic heterocycles. The fourth-order valence-electron chi connectivity index (χ4n) is 1.21. The van der Waals surface area contributed by atoms with E-state index in [1.807, 2.05) is 27.7 Å². The number of aliphatic carboxylic acids is 1. The summed E-state index contributed by atoms with van der Waals surface area (Å²) >= 11 is 0. The first-order valence-corrected chi connectivity index (χ1v) is 5.52. The third-order valence-corrected chi connectivity index (χ3v) is 2.51. The highest BCUT2D eigenvalue weighted by Crippen LogP contribution is 2.07. The second kappa shape index (κ2) is 6.35. The highest BCUT2D eigenvalue weighted by atomic mass is 16.4. The number of hydrogen-bond donors (Lipinski definition) is 1. The predicted octanol–water partition coefficient (Wildman–Crippen LogP) is 1.63. The number of hydrogen-bond acceptors (Lipinski definition) is 2. The minimum Gasteiger partial charge on any atom is -0.481 e. The molecule has 0 bridgehead atoms. The number of rotatable bonds is 5. The van der Waals surface area contributed by atoms with Crippen LogP contribution in [0.3, 0.4) is 0 Å². The summed E-state index contributed by atoms with van der Waals surface area (Å²) in [7, 11) is 1.73. The Balaban J connectivity index is 4.53. The van der Waals surface area contributed by atoms with Crippen molar-refractivity contribution < 1.29 is 14.7 Å². The predicted molar refractivity (Wildman–Crippen MR) is 62.4 cm³/mol. The van der Waals surface area contributed by atoms with Crippen molar-refractivity contribution in [1.29, 1.82) is 0 Å². The first-order chi connectivity index (χ1) is 7.27. The SMILES string of the molecule is CC(C)N(C)C(=O)N(CCC(=O)O)C(C)C. The van der Waals surface area contributed by atoms with E-state index in [9.17, 15) is 9.59 Å². The van der Waals surface area contributed by atoms with E-state index in [2.05, 4.69) is 0 Å². The van der Waals surface area contributed by atoms with Crippen molar-refractivity contribution in [1.82, 2.24) is 9.80 Å². The van der Waals surface area contributed by atoms with Crippen molar-refractivity contribution in [2.24, 2.45) is 0 Å². The smallest absolute Gasteiger partial charge is 0.320 e. The Hall–Kier alpha value is -1.26. The first kappa shape index (κ1) is 14.7. The number of carbonyl (C=O) groups excluding carboxylic acids is 1. The molecule has 0 rings (SSSR count). The van der Waals surface area contributed by atoms with Crippen LogP contribution in [-0.2, 0) is 4.79 Å². The van der Waals surface area contributed by atoms with E-state index in [1.54, 1.807) is 16.8 Å². The van der Waals surface area contributed by atoms with Gasteiger partial charge in [0.1, 0.15) is 0 Å². The van der Waals surface area contributed by atoms with Crippen molar-refractivity contribution in [3.05, 3.63) is 0 Å². The molecule has 94 valence electrons. The van der Waals surface area contributed by atoms with Gasteiger partial charge in [0.15, 0.2) is 0 Å². The zero-order chi connectivity index (χ0) is 12.9. The molecule has 1 N–H and O–H groups in total. The van der Waals surface area contributed by atoms with Crippen molar-refractivity contribution in [2.45, 2.75) is 46.2 Å². The molecule has 0 unspecified atom stereocenters. The van der Waals surface area contributed by atoms with Gasteiger partial charge < -0.3 is 14.9 Å². The van der Waals surface area contributed by atoms with Crippen LogP contribution in [0.1, 0.15) is 34.1 Å². The molecule has 0 saturated heterocycles. The Morgan fingerprint density at radius 2 is 1.62 bits per heavy atom. The van der Waals surface area contributed by atoms with Crippen LogP contribution in [0.15, 0.2) is 0 Å². The topological polar surface area (TPSA) is 60.9 Å². The third-order valence-electron chi connectivity index (χ3n) is 2.51. The Morgan fingerprint density at radius 3 is 1.94 bits per heavy atom. The summed E-state index contributed by atoms with van der Waals surface area (Å²) in [6.07, 6.45) is -0.0180. The van der Waals surface area contributed by atoms with E-state index < -0.39 is 5.97 Å². The van der Waals surface area contributed by atoms with Gasteiger partial charge >= 0.3 is 12.0 Å². The van der Waals surface area contributed by atoms with Crippen LogP contribution < -0.4 is 0 Å². The monoisotopic (exact) mass is 230 g/mol. The average Bonchev–Trinajstić information content (AvgIpc) is 2.15. The second-order valence-electron chi connectivity index (χ2n) is 4.42. The molecule has 0 aromatic carbocycles. The number of carbonyl (C=O) groups is 2. The number of carboxylic acid groups (broad SMARTS) is 1. The lowest BCUT2D eigenvalue weighted by atomic mass is 10.3. The summed E-state index contributed by atoms with van der Waals surface area (Å²) in [4.78, 5) is 25.7. The lowest BCUT2D eigenvalue weighted by Gasteiger charge is -2.32. The molecule has 0 radical (unpaired) electrons. The van der Waals surface area contributed by atoms with Crippen LogP contribution in [0.4, 0.5) is 4.79 Å². The largest absolute Gasteiger partial charge is 0.481 e. The minimum absolute atomic E-state index is 0.00745.